The SMILES string of the molecule is CC(C)c1c[nH]c2cc(F)c(C3=CCN(C(=O)OC(C)(C)C)CC3)cc12. The van der Waals surface area contributed by atoms with E-state index in [4.69, 9.17) is 4.74 Å². The molecule has 1 N–H and O–H groups in total. The van der Waals surface area contributed by atoms with Gasteiger partial charge in [0.05, 0.1) is 0 Å². The highest BCUT2D eigenvalue weighted by atomic mass is 19.1. The third-order valence-electron chi connectivity index (χ3n) is 4.63. The lowest BCUT2D eigenvalue weighted by Gasteiger charge is -2.29. The van der Waals surface area contributed by atoms with Crippen molar-refractivity contribution in [2.75, 3.05) is 13.1 Å². The van der Waals surface area contributed by atoms with Gasteiger partial charge in [-0.15, -0.1) is 0 Å². The zero-order chi connectivity index (χ0) is 19.1. The summed E-state index contributed by atoms with van der Waals surface area (Å²) in [5.41, 5.74) is 3.07. The number of ether oxygens (including phenoxy) is 1. The zero-order valence-corrected chi connectivity index (χ0v) is 16.1. The lowest BCUT2D eigenvalue weighted by atomic mass is 9.95. The Morgan fingerprint density at radius 1 is 1.31 bits per heavy atom. The lowest BCUT2D eigenvalue weighted by Crippen LogP contribution is -2.39. The molecule has 0 radical (unpaired) electrons. The first-order valence-electron chi connectivity index (χ1n) is 9.13. The van der Waals surface area contributed by atoms with Crippen LogP contribution in [-0.2, 0) is 4.74 Å². The molecule has 1 amide bonds. The summed E-state index contributed by atoms with van der Waals surface area (Å²) < 4.78 is 20.0. The molecule has 3 rings (SSSR count). The van der Waals surface area contributed by atoms with Gasteiger partial charge in [0.15, 0.2) is 0 Å². The summed E-state index contributed by atoms with van der Waals surface area (Å²) in [5.74, 6) is 0.136. The Balaban J connectivity index is 1.85. The molecule has 4 nitrogen and oxygen atoms in total. The fourth-order valence-electron chi connectivity index (χ4n) is 3.29. The molecule has 2 aromatic rings. The molecular formula is C21H27FN2O2. The number of nitrogens with zero attached hydrogens (tertiary/aromatic N) is 1. The lowest BCUT2D eigenvalue weighted by molar-refractivity contribution is 0.0270. The third-order valence-corrected chi connectivity index (χ3v) is 4.63. The average molecular weight is 358 g/mol. The first kappa shape index (κ1) is 18.5. The highest BCUT2D eigenvalue weighted by molar-refractivity contribution is 5.88. The molecule has 5 heteroatoms. The maximum absolute atomic E-state index is 14.6. The monoisotopic (exact) mass is 358 g/mol. The fraction of sp³-hybridized carbons (Fsp3) is 0.476. The maximum Gasteiger partial charge on any atom is 0.410 e. The number of rotatable bonds is 2. The van der Waals surface area contributed by atoms with Crippen molar-refractivity contribution < 1.29 is 13.9 Å². The largest absolute Gasteiger partial charge is 0.444 e. The zero-order valence-electron chi connectivity index (χ0n) is 16.1. The van der Waals surface area contributed by atoms with Gasteiger partial charge in [-0.1, -0.05) is 19.9 Å². The van der Waals surface area contributed by atoms with Crippen molar-refractivity contribution >= 4 is 22.6 Å². The Kier molecular flexibility index (Phi) is 4.82. The van der Waals surface area contributed by atoms with Crippen molar-refractivity contribution in [1.29, 1.82) is 0 Å². The molecule has 0 atom stereocenters. The summed E-state index contributed by atoms with van der Waals surface area (Å²) in [4.78, 5) is 17.0. The number of aromatic nitrogens is 1. The average Bonchev–Trinajstić information content (AvgIpc) is 2.95. The predicted octanol–water partition coefficient (Wildman–Crippen LogP) is 5.45. The van der Waals surface area contributed by atoms with Gasteiger partial charge < -0.3 is 14.6 Å². The van der Waals surface area contributed by atoms with E-state index in [-0.39, 0.29) is 11.9 Å². The van der Waals surface area contributed by atoms with Crippen LogP contribution in [0, 0.1) is 5.82 Å². The molecule has 0 saturated carbocycles. The van der Waals surface area contributed by atoms with Crippen molar-refractivity contribution in [3.05, 3.63) is 41.3 Å². The molecule has 1 aromatic heterocycles. The van der Waals surface area contributed by atoms with Gasteiger partial charge in [0.25, 0.3) is 0 Å². The molecule has 0 bridgehead atoms. The number of nitrogens with one attached hydrogen (secondary N) is 1. The number of carbonyl (C=O) groups excluding carboxylic acids is 1. The normalized spacial score (nSPS) is 15.5. The number of benzene rings is 1. The molecular weight excluding hydrogens is 331 g/mol. The maximum atomic E-state index is 14.6. The van der Waals surface area contributed by atoms with E-state index in [9.17, 15) is 9.18 Å². The van der Waals surface area contributed by atoms with Gasteiger partial charge in [0, 0.05) is 35.8 Å². The Morgan fingerprint density at radius 2 is 2.04 bits per heavy atom. The Labute approximate surface area is 154 Å². The second-order valence-electron chi connectivity index (χ2n) is 8.18. The Bertz CT molecular complexity index is 859. The number of H-pyrrole nitrogens is 1. The minimum atomic E-state index is -0.514. The van der Waals surface area contributed by atoms with Gasteiger partial charge in [-0.05, 0) is 56.4 Å². The van der Waals surface area contributed by atoms with Crippen LogP contribution in [0.25, 0.3) is 16.5 Å². The smallest absolute Gasteiger partial charge is 0.410 e. The third kappa shape index (κ3) is 3.76. The highest BCUT2D eigenvalue weighted by Crippen LogP contribution is 2.32. The number of hydrogen-bond acceptors (Lipinski definition) is 2. The van der Waals surface area contributed by atoms with Gasteiger partial charge in [-0.3, -0.25) is 0 Å². The Hall–Kier alpha value is -2.30. The van der Waals surface area contributed by atoms with Crippen molar-refractivity contribution in [3.63, 3.8) is 0 Å². The van der Waals surface area contributed by atoms with Crippen LogP contribution in [0.2, 0.25) is 0 Å². The first-order valence-corrected chi connectivity index (χ1v) is 9.13. The second-order valence-corrected chi connectivity index (χ2v) is 8.18. The topological polar surface area (TPSA) is 45.3 Å². The van der Waals surface area contributed by atoms with E-state index in [0.29, 0.717) is 31.0 Å². The van der Waals surface area contributed by atoms with E-state index in [1.807, 2.05) is 39.1 Å². The van der Waals surface area contributed by atoms with Gasteiger partial charge in [-0.25, -0.2) is 9.18 Å². The molecule has 1 aliphatic rings. The van der Waals surface area contributed by atoms with Crippen LogP contribution >= 0.6 is 0 Å². The summed E-state index contributed by atoms with van der Waals surface area (Å²) in [7, 11) is 0. The number of halogens is 1. The number of hydrogen-bond donors (Lipinski definition) is 1. The van der Waals surface area contributed by atoms with Crippen molar-refractivity contribution in [2.45, 2.75) is 52.6 Å². The van der Waals surface area contributed by atoms with Crippen LogP contribution < -0.4 is 0 Å². The van der Waals surface area contributed by atoms with E-state index in [1.165, 1.54) is 5.56 Å². The summed E-state index contributed by atoms with van der Waals surface area (Å²) in [6.45, 7) is 10.8. The summed E-state index contributed by atoms with van der Waals surface area (Å²) >= 11 is 0. The van der Waals surface area contributed by atoms with Gasteiger partial charge in [-0.2, -0.15) is 0 Å². The van der Waals surface area contributed by atoms with Crippen LogP contribution in [0.4, 0.5) is 9.18 Å². The van der Waals surface area contributed by atoms with Crippen LogP contribution in [0.15, 0.2) is 24.4 Å². The van der Waals surface area contributed by atoms with Gasteiger partial charge in [0.1, 0.15) is 11.4 Å². The number of carbonyl (C=O) groups is 1. The number of amides is 1. The first-order chi connectivity index (χ1) is 12.2. The number of aromatic amines is 1. The van der Waals surface area contributed by atoms with E-state index >= 15 is 0 Å². The summed E-state index contributed by atoms with van der Waals surface area (Å²) in [6.07, 6.45) is 4.18. The second kappa shape index (κ2) is 6.78. The summed E-state index contributed by atoms with van der Waals surface area (Å²) in [6, 6.07) is 3.50. The molecule has 0 unspecified atom stereocenters. The molecule has 2 heterocycles. The van der Waals surface area contributed by atoms with Crippen LogP contribution in [0.1, 0.15) is 58.1 Å². The molecule has 140 valence electrons. The predicted molar refractivity (Wildman–Crippen MR) is 103 cm³/mol. The van der Waals surface area contributed by atoms with Crippen molar-refractivity contribution in [1.82, 2.24) is 9.88 Å². The van der Waals surface area contributed by atoms with Crippen LogP contribution in [0.3, 0.4) is 0 Å². The quantitative estimate of drug-likeness (QED) is 0.775. The van der Waals surface area contributed by atoms with Gasteiger partial charge in [0.2, 0.25) is 0 Å². The fourth-order valence-corrected chi connectivity index (χ4v) is 3.29. The van der Waals surface area contributed by atoms with E-state index in [0.717, 1.165) is 16.5 Å². The molecule has 1 aliphatic heterocycles. The summed E-state index contributed by atoms with van der Waals surface area (Å²) in [5, 5.41) is 1.06. The van der Waals surface area contributed by atoms with E-state index < -0.39 is 5.60 Å². The van der Waals surface area contributed by atoms with Crippen LogP contribution in [0.5, 0.6) is 0 Å². The molecule has 0 fully saturated rings. The minimum Gasteiger partial charge on any atom is -0.444 e. The Morgan fingerprint density at radius 3 is 2.62 bits per heavy atom. The van der Waals surface area contributed by atoms with Gasteiger partial charge >= 0.3 is 6.09 Å². The van der Waals surface area contributed by atoms with Crippen LogP contribution in [-0.4, -0.2) is 34.7 Å². The van der Waals surface area contributed by atoms with Crippen molar-refractivity contribution in [2.24, 2.45) is 0 Å². The number of fused-ring (bicyclic) bond motifs is 1. The molecule has 0 saturated heterocycles. The van der Waals surface area contributed by atoms with E-state index in [2.05, 4.69) is 18.8 Å². The molecule has 26 heavy (non-hydrogen) atoms. The highest BCUT2D eigenvalue weighted by Gasteiger charge is 2.25. The van der Waals surface area contributed by atoms with Crippen molar-refractivity contribution in [3.8, 4) is 0 Å². The molecule has 0 aliphatic carbocycles. The minimum absolute atomic E-state index is 0.230. The molecule has 1 aromatic carbocycles. The van der Waals surface area contributed by atoms with E-state index in [1.54, 1.807) is 11.0 Å². The standard InChI is InChI=1S/C21H27FN2O2/c1-13(2)17-12-23-19-11-18(22)15(10-16(17)19)14-6-8-24(9-7-14)20(25)26-21(3,4)5/h6,10-13,23H,7-9H2,1-5H3. The molecule has 0 spiro atoms.